The second-order valence-corrected chi connectivity index (χ2v) is 4.94. The Balaban J connectivity index is 2.38. The van der Waals surface area contributed by atoms with Gasteiger partial charge in [0, 0.05) is 5.75 Å². The van der Waals surface area contributed by atoms with E-state index >= 15 is 0 Å². The molecule has 1 rings (SSSR count). The summed E-state index contributed by atoms with van der Waals surface area (Å²) >= 11 is 1.37. The summed E-state index contributed by atoms with van der Waals surface area (Å²) in [4.78, 5) is 0. The van der Waals surface area contributed by atoms with Gasteiger partial charge < -0.3 is 5.73 Å². The number of thioether (sulfide) groups is 1. The first-order chi connectivity index (χ1) is 7.72. The van der Waals surface area contributed by atoms with E-state index in [-0.39, 0.29) is 5.17 Å². The minimum atomic E-state index is 0.187. The second kappa shape index (κ2) is 7.34. The van der Waals surface area contributed by atoms with E-state index in [0.717, 1.165) is 5.75 Å². The molecule has 3 heteroatoms. The second-order valence-electron chi connectivity index (χ2n) is 3.93. The Kier molecular flexibility index (Phi) is 6.01. The molecule has 0 heterocycles. The Morgan fingerprint density at radius 3 is 2.38 bits per heavy atom. The molecule has 1 aromatic carbocycles. The molecule has 0 amide bonds. The summed E-state index contributed by atoms with van der Waals surface area (Å²) in [6.45, 7) is 2.22. The number of rotatable bonds is 6. The van der Waals surface area contributed by atoms with Crippen LogP contribution in [0.25, 0.3) is 0 Å². The first-order valence-electron chi connectivity index (χ1n) is 5.77. The molecule has 0 unspecified atom stereocenters. The number of nitrogens with two attached hydrogens (primary N) is 1. The van der Waals surface area contributed by atoms with Gasteiger partial charge in [0.2, 0.25) is 0 Å². The van der Waals surface area contributed by atoms with Crippen LogP contribution in [0.4, 0.5) is 0 Å². The highest BCUT2D eigenvalue weighted by atomic mass is 32.2. The van der Waals surface area contributed by atoms with E-state index in [1.165, 1.54) is 48.6 Å². The Morgan fingerprint density at radius 2 is 1.81 bits per heavy atom. The minimum Gasteiger partial charge on any atom is -0.379 e. The zero-order valence-corrected chi connectivity index (χ0v) is 10.6. The number of unbranched alkanes of at least 4 members (excludes halogenated alkanes) is 2. The van der Waals surface area contributed by atoms with Gasteiger partial charge in [0.1, 0.15) is 0 Å². The van der Waals surface area contributed by atoms with E-state index in [1.54, 1.807) is 0 Å². The predicted molar refractivity (Wildman–Crippen MR) is 72.9 cm³/mol. The van der Waals surface area contributed by atoms with Crippen molar-refractivity contribution < 1.29 is 0 Å². The van der Waals surface area contributed by atoms with Crippen LogP contribution in [-0.4, -0.2) is 5.17 Å². The van der Waals surface area contributed by atoms with E-state index in [2.05, 4.69) is 31.2 Å². The van der Waals surface area contributed by atoms with Gasteiger partial charge >= 0.3 is 0 Å². The van der Waals surface area contributed by atoms with Crippen molar-refractivity contribution in [1.29, 1.82) is 5.41 Å². The highest BCUT2D eigenvalue weighted by Gasteiger charge is 1.97. The number of hydrogen-bond acceptors (Lipinski definition) is 2. The van der Waals surface area contributed by atoms with Crippen LogP contribution in [0.3, 0.4) is 0 Å². The third-order valence-corrected chi connectivity index (χ3v) is 3.27. The van der Waals surface area contributed by atoms with Crippen LogP contribution < -0.4 is 5.73 Å². The van der Waals surface area contributed by atoms with Gasteiger partial charge in [0.25, 0.3) is 0 Å². The Morgan fingerprint density at radius 1 is 1.19 bits per heavy atom. The molecule has 0 fully saturated rings. The average Bonchev–Trinajstić information content (AvgIpc) is 2.28. The van der Waals surface area contributed by atoms with E-state index in [1.807, 2.05) is 0 Å². The minimum absolute atomic E-state index is 0.187. The van der Waals surface area contributed by atoms with Gasteiger partial charge in [-0.05, 0) is 24.0 Å². The zero-order chi connectivity index (χ0) is 11.8. The standard InChI is InChI=1S/C13H20N2S/c1-2-3-4-5-11-6-8-12(9-7-11)10-16-13(14)15/h6-9H,2-5,10H2,1H3,(H3,14,15). The molecule has 0 radical (unpaired) electrons. The van der Waals surface area contributed by atoms with Crippen LogP contribution in [0.15, 0.2) is 24.3 Å². The van der Waals surface area contributed by atoms with Crippen molar-refractivity contribution in [3.8, 4) is 0 Å². The maximum atomic E-state index is 7.14. The SMILES string of the molecule is CCCCCc1ccc(CSC(=N)N)cc1. The highest BCUT2D eigenvalue weighted by Crippen LogP contribution is 2.14. The van der Waals surface area contributed by atoms with Gasteiger partial charge in [-0.15, -0.1) is 0 Å². The monoisotopic (exact) mass is 236 g/mol. The van der Waals surface area contributed by atoms with Crippen molar-refractivity contribution >= 4 is 16.9 Å². The number of nitrogens with one attached hydrogen (secondary N) is 1. The topological polar surface area (TPSA) is 49.9 Å². The fourth-order valence-corrected chi connectivity index (χ4v) is 2.06. The molecule has 0 atom stereocenters. The molecule has 0 aliphatic carbocycles. The molecule has 0 saturated heterocycles. The average molecular weight is 236 g/mol. The maximum absolute atomic E-state index is 7.14. The van der Waals surface area contributed by atoms with Crippen molar-refractivity contribution in [2.75, 3.05) is 0 Å². The number of benzene rings is 1. The summed E-state index contributed by atoms with van der Waals surface area (Å²) in [5.74, 6) is 0.796. The molecule has 0 aromatic heterocycles. The fraction of sp³-hybridized carbons (Fsp3) is 0.462. The van der Waals surface area contributed by atoms with Gasteiger partial charge in [-0.25, -0.2) is 0 Å². The molecule has 0 spiro atoms. The Hall–Kier alpha value is -0.960. The lowest BCUT2D eigenvalue weighted by molar-refractivity contribution is 0.717. The zero-order valence-electron chi connectivity index (χ0n) is 9.83. The summed E-state index contributed by atoms with van der Waals surface area (Å²) in [6.07, 6.45) is 5.03. The molecular weight excluding hydrogens is 216 g/mol. The van der Waals surface area contributed by atoms with Crippen LogP contribution in [0.5, 0.6) is 0 Å². The summed E-state index contributed by atoms with van der Waals surface area (Å²) in [6, 6.07) is 8.64. The first kappa shape index (κ1) is 13.1. The van der Waals surface area contributed by atoms with Gasteiger partial charge in [-0.3, -0.25) is 5.41 Å². The number of aryl methyl sites for hydroxylation is 1. The quantitative estimate of drug-likeness (QED) is 0.451. The van der Waals surface area contributed by atoms with Crippen molar-refractivity contribution in [2.45, 2.75) is 38.4 Å². The van der Waals surface area contributed by atoms with Gasteiger partial charge in [-0.2, -0.15) is 0 Å². The van der Waals surface area contributed by atoms with Crippen LogP contribution >= 0.6 is 11.8 Å². The molecule has 3 N–H and O–H groups in total. The maximum Gasteiger partial charge on any atom is 0.151 e. The smallest absolute Gasteiger partial charge is 0.151 e. The van der Waals surface area contributed by atoms with Gasteiger partial charge in [-0.1, -0.05) is 55.8 Å². The lowest BCUT2D eigenvalue weighted by Gasteiger charge is -2.03. The van der Waals surface area contributed by atoms with E-state index in [4.69, 9.17) is 11.1 Å². The van der Waals surface area contributed by atoms with Crippen LogP contribution in [0.1, 0.15) is 37.3 Å². The van der Waals surface area contributed by atoms with Gasteiger partial charge in [0.05, 0.1) is 0 Å². The third-order valence-electron chi connectivity index (χ3n) is 2.49. The van der Waals surface area contributed by atoms with E-state index in [9.17, 15) is 0 Å². The first-order valence-corrected chi connectivity index (χ1v) is 6.75. The van der Waals surface area contributed by atoms with Crippen molar-refractivity contribution in [1.82, 2.24) is 0 Å². The summed E-state index contributed by atoms with van der Waals surface area (Å²) in [5, 5.41) is 7.33. The largest absolute Gasteiger partial charge is 0.379 e. The number of hydrogen-bond donors (Lipinski definition) is 2. The van der Waals surface area contributed by atoms with E-state index in [0.29, 0.717) is 0 Å². The lowest BCUT2D eigenvalue weighted by Crippen LogP contribution is -2.03. The normalized spacial score (nSPS) is 10.3. The molecule has 16 heavy (non-hydrogen) atoms. The van der Waals surface area contributed by atoms with E-state index < -0.39 is 0 Å². The van der Waals surface area contributed by atoms with Crippen molar-refractivity contribution in [2.24, 2.45) is 5.73 Å². The number of amidine groups is 1. The predicted octanol–water partition coefficient (Wildman–Crippen LogP) is 3.55. The van der Waals surface area contributed by atoms with Crippen LogP contribution in [-0.2, 0) is 12.2 Å². The highest BCUT2D eigenvalue weighted by molar-refractivity contribution is 8.13. The molecule has 0 saturated carbocycles. The summed E-state index contributed by atoms with van der Waals surface area (Å²) in [7, 11) is 0. The van der Waals surface area contributed by atoms with Gasteiger partial charge in [0.15, 0.2) is 5.17 Å². The lowest BCUT2D eigenvalue weighted by atomic mass is 10.1. The molecule has 88 valence electrons. The summed E-state index contributed by atoms with van der Waals surface area (Å²) < 4.78 is 0. The molecule has 1 aromatic rings. The molecule has 0 bridgehead atoms. The summed E-state index contributed by atoms with van der Waals surface area (Å²) in [5.41, 5.74) is 7.94. The van der Waals surface area contributed by atoms with Crippen molar-refractivity contribution in [3.63, 3.8) is 0 Å². The molecular formula is C13H20N2S. The van der Waals surface area contributed by atoms with Crippen LogP contribution in [0.2, 0.25) is 0 Å². The molecule has 2 nitrogen and oxygen atoms in total. The van der Waals surface area contributed by atoms with Crippen LogP contribution in [0, 0.1) is 5.41 Å². The van der Waals surface area contributed by atoms with Crippen molar-refractivity contribution in [3.05, 3.63) is 35.4 Å². The molecule has 0 aliphatic rings. The Labute approximate surface area is 102 Å². The fourth-order valence-electron chi connectivity index (χ4n) is 1.54. The third kappa shape index (κ3) is 5.21. The Bertz CT molecular complexity index is 319. The molecule has 0 aliphatic heterocycles.